The van der Waals surface area contributed by atoms with E-state index >= 15 is 0 Å². The molecule has 0 unspecified atom stereocenters. The predicted octanol–water partition coefficient (Wildman–Crippen LogP) is 5.97. The van der Waals surface area contributed by atoms with Crippen molar-refractivity contribution >= 4 is 23.1 Å². The number of likely N-dealkylation sites (N-methyl/N-ethyl adjacent to an activating group) is 1. The van der Waals surface area contributed by atoms with E-state index in [-0.39, 0.29) is 5.78 Å². The molecule has 4 aliphatic carbocycles. The minimum absolute atomic E-state index is 0.156. The van der Waals surface area contributed by atoms with Gasteiger partial charge in [-0.1, -0.05) is 44.6 Å². The molecule has 0 atom stereocenters. The normalized spacial score (nSPS) is 22.1. The van der Waals surface area contributed by atoms with Gasteiger partial charge in [-0.05, 0) is 66.7 Å². The second kappa shape index (κ2) is 8.09. The molecule has 2 fully saturated rings. The lowest BCUT2D eigenvalue weighted by Gasteiger charge is -2.35. The van der Waals surface area contributed by atoms with Crippen molar-refractivity contribution in [3.05, 3.63) is 52.7 Å². The second-order valence-corrected chi connectivity index (χ2v) is 9.63. The fourth-order valence-electron chi connectivity index (χ4n) is 5.82. The second-order valence-electron chi connectivity index (χ2n) is 9.63. The van der Waals surface area contributed by atoms with Gasteiger partial charge in [-0.15, -0.1) is 0 Å². The van der Waals surface area contributed by atoms with Gasteiger partial charge < -0.3 is 9.80 Å². The smallest absolute Gasteiger partial charge is 0.188 e. The average molecular weight is 403 g/mol. The zero-order valence-corrected chi connectivity index (χ0v) is 18.5. The van der Waals surface area contributed by atoms with E-state index in [1.165, 1.54) is 81.0 Å². The monoisotopic (exact) mass is 402 g/mol. The molecule has 0 aromatic heterocycles. The quantitative estimate of drug-likeness (QED) is 0.620. The van der Waals surface area contributed by atoms with Crippen molar-refractivity contribution in [1.82, 2.24) is 4.90 Å². The number of rotatable bonds is 4. The molecule has 3 heteroatoms. The first-order valence-corrected chi connectivity index (χ1v) is 11.9. The number of hydrogen-bond donors (Lipinski definition) is 0. The lowest BCUT2D eigenvalue weighted by molar-refractivity contribution is -0.111. The van der Waals surface area contributed by atoms with Gasteiger partial charge in [-0.3, -0.25) is 4.79 Å². The molecule has 0 bridgehead atoms. The topological polar surface area (TPSA) is 23.6 Å². The van der Waals surface area contributed by atoms with E-state index in [1.807, 2.05) is 6.08 Å². The van der Waals surface area contributed by atoms with Gasteiger partial charge in [0.1, 0.15) is 0 Å². The number of nitrogens with zero attached hydrogens (tertiary/aromatic N) is 2. The Kier molecular flexibility index (Phi) is 5.30. The largest absolute Gasteiger partial charge is 0.372 e. The molecule has 1 aromatic carbocycles. The van der Waals surface area contributed by atoms with Crippen LogP contribution in [-0.2, 0) is 4.79 Å². The Hall–Kier alpha value is -2.29. The number of fused-ring (bicyclic) bond motifs is 3. The van der Waals surface area contributed by atoms with E-state index in [1.54, 1.807) is 0 Å². The Morgan fingerprint density at radius 3 is 2.03 bits per heavy atom. The van der Waals surface area contributed by atoms with E-state index < -0.39 is 0 Å². The van der Waals surface area contributed by atoms with Crippen LogP contribution in [0, 0.1) is 0 Å². The number of ketones is 1. The summed E-state index contributed by atoms with van der Waals surface area (Å²) in [6.45, 7) is 0. The van der Waals surface area contributed by atoms with Crippen LogP contribution >= 0.6 is 0 Å². The maximum Gasteiger partial charge on any atom is 0.188 e. The molecule has 3 nitrogen and oxygen atoms in total. The lowest BCUT2D eigenvalue weighted by Crippen LogP contribution is -2.33. The predicted molar refractivity (Wildman–Crippen MR) is 125 cm³/mol. The number of allylic oxidation sites excluding steroid dienone is 4. The van der Waals surface area contributed by atoms with Crippen LogP contribution in [0.4, 0.5) is 5.69 Å². The first-order chi connectivity index (χ1) is 14.6. The Morgan fingerprint density at radius 2 is 1.37 bits per heavy atom. The van der Waals surface area contributed by atoms with Crippen LogP contribution in [-0.4, -0.2) is 36.9 Å². The van der Waals surface area contributed by atoms with E-state index in [0.717, 1.165) is 16.8 Å². The summed E-state index contributed by atoms with van der Waals surface area (Å²) in [6.07, 6.45) is 19.3. The Labute approximate surface area is 181 Å². The first-order valence-electron chi connectivity index (χ1n) is 11.9. The molecule has 0 aliphatic heterocycles. The van der Waals surface area contributed by atoms with Crippen molar-refractivity contribution < 1.29 is 4.79 Å². The summed E-state index contributed by atoms with van der Waals surface area (Å²) < 4.78 is 0. The van der Waals surface area contributed by atoms with E-state index in [0.29, 0.717) is 12.1 Å². The summed E-state index contributed by atoms with van der Waals surface area (Å²) in [5.74, 6) is 0.156. The molecule has 0 spiro atoms. The van der Waals surface area contributed by atoms with Crippen LogP contribution in [0.15, 0.2) is 41.6 Å². The van der Waals surface area contributed by atoms with Crippen molar-refractivity contribution in [2.24, 2.45) is 0 Å². The van der Waals surface area contributed by atoms with Crippen LogP contribution in [0.3, 0.4) is 0 Å². The van der Waals surface area contributed by atoms with E-state index in [9.17, 15) is 4.79 Å². The number of carbonyl (C=O) groups is 1. The maximum absolute atomic E-state index is 13.0. The number of anilines is 1. The van der Waals surface area contributed by atoms with Crippen LogP contribution in [0.25, 0.3) is 11.6 Å². The van der Waals surface area contributed by atoms with E-state index in [4.69, 9.17) is 0 Å². The average Bonchev–Trinajstić information content (AvgIpc) is 3.18. The highest BCUT2D eigenvalue weighted by Crippen LogP contribution is 2.42. The molecule has 2 saturated carbocycles. The van der Waals surface area contributed by atoms with Gasteiger partial charge in [0.2, 0.25) is 0 Å². The minimum atomic E-state index is 0.156. The summed E-state index contributed by atoms with van der Waals surface area (Å²) in [6, 6.07) is 7.95. The molecular formula is C27H34N2O. The van der Waals surface area contributed by atoms with Crippen LogP contribution in [0.5, 0.6) is 0 Å². The summed E-state index contributed by atoms with van der Waals surface area (Å²) in [4.78, 5) is 17.8. The summed E-state index contributed by atoms with van der Waals surface area (Å²) in [7, 11) is 4.41. The van der Waals surface area contributed by atoms with Gasteiger partial charge in [-0.25, -0.2) is 0 Å². The van der Waals surface area contributed by atoms with Crippen molar-refractivity contribution in [1.29, 1.82) is 0 Å². The van der Waals surface area contributed by atoms with Gasteiger partial charge in [0.05, 0.1) is 0 Å². The fraction of sp³-hybridized carbons (Fsp3) is 0.519. The van der Waals surface area contributed by atoms with Gasteiger partial charge in [0.25, 0.3) is 0 Å². The van der Waals surface area contributed by atoms with Gasteiger partial charge >= 0.3 is 0 Å². The molecule has 0 radical (unpaired) electrons. The molecule has 4 aliphatic rings. The molecule has 0 heterocycles. The first kappa shape index (κ1) is 19.7. The highest BCUT2D eigenvalue weighted by atomic mass is 16.1. The van der Waals surface area contributed by atoms with Crippen molar-refractivity contribution in [3.63, 3.8) is 0 Å². The maximum atomic E-state index is 13.0. The number of carbonyl (C=O) groups excluding carboxylic acids is 1. The molecule has 30 heavy (non-hydrogen) atoms. The highest BCUT2D eigenvalue weighted by Gasteiger charge is 2.30. The summed E-state index contributed by atoms with van der Waals surface area (Å²) in [5.41, 5.74) is 6.75. The zero-order chi connectivity index (χ0) is 20.7. The van der Waals surface area contributed by atoms with E-state index in [2.05, 4.69) is 54.2 Å². The van der Waals surface area contributed by atoms with Crippen molar-refractivity contribution in [2.45, 2.75) is 76.3 Å². The van der Waals surface area contributed by atoms with Crippen LogP contribution < -0.4 is 4.90 Å². The SMILES string of the molecule is CN(C1=CC(=O)C2=Cc3ccc(N(C)C4CCCCC4)cc3C2=C1)C1CCCCC1. The Morgan fingerprint density at radius 1 is 0.733 bits per heavy atom. The standard InChI is InChI=1S/C27H34N2O/c1-28(20-9-5-3-6-10-20)22-14-13-19-15-26-25(24(19)16-22)17-23(18-27(26)30)29(2)21-11-7-4-8-12-21/h13-18,20-21H,3-12H2,1-2H3. The molecule has 0 N–H and O–H groups in total. The number of hydrogen-bond acceptors (Lipinski definition) is 3. The fourth-order valence-corrected chi connectivity index (χ4v) is 5.82. The van der Waals surface area contributed by atoms with Crippen LogP contribution in [0.2, 0.25) is 0 Å². The molecule has 5 rings (SSSR count). The molecule has 0 saturated heterocycles. The molecule has 158 valence electrons. The minimum Gasteiger partial charge on any atom is -0.372 e. The van der Waals surface area contributed by atoms with Gasteiger partial charge in [0.15, 0.2) is 5.78 Å². The highest BCUT2D eigenvalue weighted by molar-refractivity contribution is 6.24. The third-order valence-corrected chi connectivity index (χ3v) is 7.81. The third-order valence-electron chi connectivity index (χ3n) is 7.81. The summed E-state index contributed by atoms with van der Waals surface area (Å²) in [5, 5.41) is 0. The number of benzene rings is 1. The Bertz CT molecular complexity index is 926. The third kappa shape index (κ3) is 3.53. The zero-order valence-electron chi connectivity index (χ0n) is 18.5. The molecular weight excluding hydrogens is 368 g/mol. The van der Waals surface area contributed by atoms with Crippen molar-refractivity contribution in [3.8, 4) is 0 Å². The van der Waals surface area contributed by atoms with Gasteiger partial charge in [0, 0.05) is 49.2 Å². The summed E-state index contributed by atoms with van der Waals surface area (Å²) >= 11 is 0. The lowest BCUT2D eigenvalue weighted by atomic mass is 9.91. The van der Waals surface area contributed by atoms with Gasteiger partial charge in [-0.2, -0.15) is 0 Å². The Balaban J connectivity index is 1.44. The van der Waals surface area contributed by atoms with Crippen LogP contribution in [0.1, 0.15) is 75.3 Å². The molecule has 0 amide bonds. The molecule has 1 aromatic rings. The van der Waals surface area contributed by atoms with Crippen molar-refractivity contribution in [2.75, 3.05) is 19.0 Å².